The molecule has 21 heavy (non-hydrogen) atoms. The van der Waals surface area contributed by atoms with Crippen LogP contribution >= 0.6 is 0 Å². The summed E-state index contributed by atoms with van der Waals surface area (Å²) in [4.78, 5) is 0. The normalized spacial score (nSPS) is 32.9. The minimum atomic E-state index is -1.39. The third-order valence-corrected chi connectivity index (χ3v) is 3.81. The number of methoxy groups -OCH3 is 1. The average Bonchev–Trinajstić information content (AvgIpc) is 2.48. The molecule has 1 fully saturated rings. The first kappa shape index (κ1) is 16.0. The van der Waals surface area contributed by atoms with Crippen molar-refractivity contribution >= 4 is 0 Å². The first-order chi connectivity index (χ1) is 9.93. The molecule has 1 saturated carbocycles. The van der Waals surface area contributed by atoms with Crippen molar-refractivity contribution in [3.05, 3.63) is 23.8 Å². The Balaban J connectivity index is 1.99. The molecule has 0 spiro atoms. The summed E-state index contributed by atoms with van der Waals surface area (Å²) in [5.74, 6) is 0.377. The molecule has 1 aliphatic carbocycles. The van der Waals surface area contributed by atoms with Crippen LogP contribution in [0.15, 0.2) is 18.2 Å². The summed E-state index contributed by atoms with van der Waals surface area (Å²) in [6.07, 6.45) is -4.85. The molecular weight excluding hydrogens is 278 g/mol. The summed E-state index contributed by atoms with van der Waals surface area (Å²) in [7, 11) is 1.45. The highest BCUT2D eigenvalue weighted by atomic mass is 16.5. The van der Waals surface area contributed by atoms with Crippen LogP contribution in [0.4, 0.5) is 0 Å². The first-order valence-electron chi connectivity index (χ1n) is 6.75. The Morgan fingerprint density at radius 1 is 1.14 bits per heavy atom. The van der Waals surface area contributed by atoms with E-state index in [1.165, 1.54) is 13.2 Å². The van der Waals surface area contributed by atoms with Crippen molar-refractivity contribution in [2.45, 2.75) is 43.4 Å². The summed E-state index contributed by atoms with van der Waals surface area (Å²) in [6, 6.07) is 4.31. The highest BCUT2D eigenvalue weighted by molar-refractivity contribution is 5.41. The van der Waals surface area contributed by atoms with E-state index < -0.39 is 30.5 Å². The van der Waals surface area contributed by atoms with Gasteiger partial charge in [-0.25, -0.2) is 0 Å². The first-order valence-corrected chi connectivity index (χ1v) is 6.75. The minimum absolute atomic E-state index is 0.0351. The van der Waals surface area contributed by atoms with E-state index in [0.717, 1.165) is 5.56 Å². The number of aliphatic hydroxyl groups excluding tert-OH is 4. The molecule has 0 radical (unpaired) electrons. The molecule has 0 amide bonds. The molecule has 0 aromatic heterocycles. The Morgan fingerprint density at radius 2 is 1.86 bits per heavy atom. The van der Waals surface area contributed by atoms with Crippen molar-refractivity contribution in [3.8, 4) is 11.5 Å². The van der Waals surface area contributed by atoms with Crippen LogP contribution in [0.3, 0.4) is 0 Å². The van der Waals surface area contributed by atoms with Crippen LogP contribution in [-0.2, 0) is 6.54 Å². The minimum Gasteiger partial charge on any atom is -0.504 e. The zero-order valence-corrected chi connectivity index (χ0v) is 11.7. The van der Waals surface area contributed by atoms with Gasteiger partial charge in [0.1, 0.15) is 12.2 Å². The Labute approximate surface area is 122 Å². The molecule has 0 bridgehead atoms. The Hall–Kier alpha value is -1.38. The van der Waals surface area contributed by atoms with Crippen molar-refractivity contribution in [3.63, 3.8) is 0 Å². The van der Waals surface area contributed by atoms with Crippen molar-refractivity contribution < 1.29 is 30.3 Å². The van der Waals surface area contributed by atoms with E-state index in [4.69, 9.17) is 4.74 Å². The Kier molecular flexibility index (Phi) is 5.02. The van der Waals surface area contributed by atoms with Gasteiger partial charge in [-0.05, 0) is 24.1 Å². The highest BCUT2D eigenvalue weighted by Crippen LogP contribution is 2.26. The van der Waals surface area contributed by atoms with Crippen LogP contribution in [0.25, 0.3) is 0 Å². The van der Waals surface area contributed by atoms with Crippen LogP contribution in [0, 0.1) is 0 Å². The zero-order valence-electron chi connectivity index (χ0n) is 11.7. The molecule has 5 atom stereocenters. The smallest absolute Gasteiger partial charge is 0.160 e. The van der Waals surface area contributed by atoms with Crippen LogP contribution in [-0.4, -0.2) is 63.1 Å². The van der Waals surface area contributed by atoms with Crippen molar-refractivity contribution in [1.82, 2.24) is 5.32 Å². The highest BCUT2D eigenvalue weighted by Gasteiger charge is 2.41. The van der Waals surface area contributed by atoms with Crippen LogP contribution in [0.1, 0.15) is 12.0 Å². The van der Waals surface area contributed by atoms with E-state index in [1.807, 2.05) is 0 Å². The van der Waals surface area contributed by atoms with Gasteiger partial charge in [-0.3, -0.25) is 0 Å². The molecule has 0 heterocycles. The van der Waals surface area contributed by atoms with Gasteiger partial charge in [0.2, 0.25) is 0 Å². The van der Waals surface area contributed by atoms with Gasteiger partial charge < -0.3 is 35.6 Å². The van der Waals surface area contributed by atoms with E-state index in [2.05, 4.69) is 5.32 Å². The summed E-state index contributed by atoms with van der Waals surface area (Å²) in [5.41, 5.74) is 0.812. The number of rotatable bonds is 4. The number of hydrogen-bond donors (Lipinski definition) is 6. The molecule has 0 unspecified atom stereocenters. The fourth-order valence-corrected chi connectivity index (χ4v) is 2.49. The maximum atomic E-state index is 9.90. The number of phenols is 1. The predicted octanol–water partition coefficient (Wildman–Crippen LogP) is -1.29. The number of hydrogen-bond acceptors (Lipinski definition) is 7. The lowest BCUT2D eigenvalue weighted by Gasteiger charge is -2.38. The number of aliphatic hydroxyl groups is 4. The third-order valence-electron chi connectivity index (χ3n) is 3.81. The van der Waals surface area contributed by atoms with Gasteiger partial charge in [0.05, 0.1) is 19.3 Å². The zero-order chi connectivity index (χ0) is 15.6. The maximum Gasteiger partial charge on any atom is 0.160 e. The van der Waals surface area contributed by atoms with Gasteiger partial charge in [-0.2, -0.15) is 0 Å². The van der Waals surface area contributed by atoms with Crippen molar-refractivity contribution in [2.75, 3.05) is 7.11 Å². The topological polar surface area (TPSA) is 122 Å². The third kappa shape index (κ3) is 3.45. The molecule has 1 aromatic carbocycles. The second kappa shape index (κ2) is 6.59. The summed E-state index contributed by atoms with van der Waals surface area (Å²) in [6.45, 7) is 0.355. The molecule has 1 aliphatic rings. The standard InChI is InChI=1S/C14H21NO6/c1-21-11-4-7(2-3-9(11)16)6-15-8-5-10(17)13(19)14(20)12(8)18/h2-4,8,10,12-20H,5-6H2,1H3/t8-,10+,12-,13-,14-/m0/s1. The van der Waals surface area contributed by atoms with Crippen LogP contribution in [0.5, 0.6) is 11.5 Å². The van der Waals surface area contributed by atoms with Gasteiger partial charge in [0.25, 0.3) is 0 Å². The lowest BCUT2D eigenvalue weighted by atomic mass is 9.85. The van der Waals surface area contributed by atoms with E-state index in [-0.39, 0.29) is 12.2 Å². The summed E-state index contributed by atoms with van der Waals surface area (Å²) >= 11 is 0. The second-order valence-corrected chi connectivity index (χ2v) is 5.27. The van der Waals surface area contributed by atoms with Gasteiger partial charge in [-0.1, -0.05) is 6.07 Å². The molecule has 7 nitrogen and oxygen atoms in total. The lowest BCUT2D eigenvalue weighted by Crippen LogP contribution is -2.59. The molecule has 2 rings (SSSR count). The van der Waals surface area contributed by atoms with Gasteiger partial charge in [0.15, 0.2) is 11.5 Å². The molecule has 7 heteroatoms. The Morgan fingerprint density at radius 3 is 2.52 bits per heavy atom. The SMILES string of the molecule is COc1cc(CN[C@H]2C[C@@H](O)[C@H](O)[C@@H](O)[C@H]2O)ccc1O. The van der Waals surface area contributed by atoms with Gasteiger partial charge >= 0.3 is 0 Å². The van der Waals surface area contributed by atoms with E-state index in [9.17, 15) is 25.5 Å². The second-order valence-electron chi connectivity index (χ2n) is 5.27. The van der Waals surface area contributed by atoms with Gasteiger partial charge in [0, 0.05) is 12.6 Å². The van der Waals surface area contributed by atoms with Gasteiger partial charge in [-0.15, -0.1) is 0 Å². The monoisotopic (exact) mass is 299 g/mol. The molecule has 1 aromatic rings. The summed E-state index contributed by atoms with van der Waals surface area (Å²) < 4.78 is 5.01. The van der Waals surface area contributed by atoms with Crippen molar-refractivity contribution in [1.29, 1.82) is 0 Å². The van der Waals surface area contributed by atoms with Crippen LogP contribution < -0.4 is 10.1 Å². The van der Waals surface area contributed by atoms with E-state index in [1.54, 1.807) is 12.1 Å². The maximum absolute atomic E-state index is 9.90. The quantitative estimate of drug-likeness (QED) is 0.409. The summed E-state index contributed by atoms with van der Waals surface area (Å²) in [5, 5.41) is 51.2. The fraction of sp³-hybridized carbons (Fsp3) is 0.571. The fourth-order valence-electron chi connectivity index (χ4n) is 2.49. The Bertz CT molecular complexity index is 483. The molecule has 6 N–H and O–H groups in total. The lowest BCUT2D eigenvalue weighted by molar-refractivity contribution is -0.146. The predicted molar refractivity (Wildman–Crippen MR) is 73.9 cm³/mol. The molecule has 0 saturated heterocycles. The average molecular weight is 299 g/mol. The van der Waals surface area contributed by atoms with Crippen LogP contribution in [0.2, 0.25) is 0 Å². The number of phenolic OH excluding ortho intramolecular Hbond substituents is 1. The molecule has 118 valence electrons. The number of ether oxygens (including phenoxy) is 1. The number of nitrogens with one attached hydrogen (secondary N) is 1. The van der Waals surface area contributed by atoms with E-state index in [0.29, 0.717) is 12.3 Å². The number of aromatic hydroxyl groups is 1. The molecular formula is C14H21NO6. The largest absolute Gasteiger partial charge is 0.504 e. The van der Waals surface area contributed by atoms with Crippen molar-refractivity contribution in [2.24, 2.45) is 0 Å². The van der Waals surface area contributed by atoms with E-state index >= 15 is 0 Å². The molecule has 0 aliphatic heterocycles. The number of benzene rings is 1.